The van der Waals surface area contributed by atoms with Gasteiger partial charge in [-0.3, -0.25) is 4.79 Å². The van der Waals surface area contributed by atoms with Crippen molar-refractivity contribution in [3.63, 3.8) is 0 Å². The van der Waals surface area contributed by atoms with Gasteiger partial charge in [-0.2, -0.15) is 0 Å². The Morgan fingerprint density at radius 3 is 2.39 bits per heavy atom. The molecular formula is C18H19NO4. The fourth-order valence-corrected chi connectivity index (χ4v) is 2.50. The van der Waals surface area contributed by atoms with E-state index in [1.165, 1.54) is 0 Å². The summed E-state index contributed by atoms with van der Waals surface area (Å²) in [5.41, 5.74) is 1.00. The van der Waals surface area contributed by atoms with Gasteiger partial charge in [-0.25, -0.2) is 0 Å². The first-order chi connectivity index (χ1) is 11.3. The van der Waals surface area contributed by atoms with Crippen molar-refractivity contribution in [2.45, 2.75) is 12.2 Å². The molecule has 3 rings (SSSR count). The second-order valence-corrected chi connectivity index (χ2v) is 5.28. The molecule has 0 spiro atoms. The van der Waals surface area contributed by atoms with Crippen LogP contribution in [-0.4, -0.2) is 32.3 Å². The first-order valence-corrected chi connectivity index (χ1v) is 7.50. The van der Waals surface area contributed by atoms with E-state index in [1.54, 1.807) is 7.11 Å². The lowest BCUT2D eigenvalue weighted by Gasteiger charge is -2.31. The minimum atomic E-state index is -0.301. The third-order valence-corrected chi connectivity index (χ3v) is 3.72. The number of amides is 1. The summed E-state index contributed by atoms with van der Waals surface area (Å²) in [5.74, 6) is 1.40. The van der Waals surface area contributed by atoms with Gasteiger partial charge in [0, 0.05) is 6.54 Å². The molecule has 1 heterocycles. The van der Waals surface area contributed by atoms with Crippen LogP contribution in [-0.2, 0) is 9.53 Å². The highest BCUT2D eigenvalue weighted by Crippen LogP contribution is 2.28. The average molecular weight is 313 g/mol. The van der Waals surface area contributed by atoms with Crippen LogP contribution in [0.3, 0.4) is 0 Å². The SMILES string of the molecule is COc1ccc(O[C@H](c2ccccc2)[C@@H]2CNC(=O)CO2)cc1. The number of methoxy groups -OCH3 is 1. The molecule has 0 bridgehead atoms. The number of morpholine rings is 1. The third-order valence-electron chi connectivity index (χ3n) is 3.72. The van der Waals surface area contributed by atoms with Crippen LogP contribution in [0, 0.1) is 0 Å². The lowest BCUT2D eigenvalue weighted by molar-refractivity contribution is -0.137. The minimum absolute atomic E-state index is 0.0555. The van der Waals surface area contributed by atoms with Gasteiger partial charge in [0.25, 0.3) is 0 Å². The van der Waals surface area contributed by atoms with Gasteiger partial charge in [0.05, 0.1) is 7.11 Å². The number of rotatable bonds is 5. The predicted molar refractivity (Wildman–Crippen MR) is 85.6 cm³/mol. The van der Waals surface area contributed by atoms with Gasteiger partial charge in [-0.05, 0) is 29.8 Å². The average Bonchev–Trinajstić information content (AvgIpc) is 2.62. The lowest BCUT2D eigenvalue weighted by Crippen LogP contribution is -2.46. The molecule has 0 aliphatic carbocycles. The van der Waals surface area contributed by atoms with Gasteiger partial charge < -0.3 is 19.5 Å². The summed E-state index contributed by atoms with van der Waals surface area (Å²) in [7, 11) is 1.63. The zero-order valence-electron chi connectivity index (χ0n) is 12.9. The summed E-state index contributed by atoms with van der Waals surface area (Å²) in [4.78, 5) is 11.3. The van der Waals surface area contributed by atoms with Crippen molar-refractivity contribution in [1.82, 2.24) is 5.32 Å². The first kappa shape index (κ1) is 15.4. The van der Waals surface area contributed by atoms with E-state index in [0.717, 1.165) is 17.1 Å². The highest BCUT2D eigenvalue weighted by atomic mass is 16.5. The normalized spacial score (nSPS) is 18.8. The van der Waals surface area contributed by atoms with E-state index in [0.29, 0.717) is 6.54 Å². The Bertz CT molecular complexity index is 632. The molecule has 1 fully saturated rings. The number of hydrogen-bond acceptors (Lipinski definition) is 4. The van der Waals surface area contributed by atoms with Crippen molar-refractivity contribution in [2.75, 3.05) is 20.3 Å². The molecule has 0 unspecified atom stereocenters. The Kier molecular flexibility index (Phi) is 4.78. The fourth-order valence-electron chi connectivity index (χ4n) is 2.50. The number of ether oxygens (including phenoxy) is 3. The molecule has 1 aliphatic heterocycles. The van der Waals surface area contributed by atoms with E-state index < -0.39 is 0 Å². The van der Waals surface area contributed by atoms with Crippen molar-refractivity contribution in [1.29, 1.82) is 0 Å². The molecule has 23 heavy (non-hydrogen) atoms. The minimum Gasteiger partial charge on any atom is -0.497 e. The van der Waals surface area contributed by atoms with E-state index >= 15 is 0 Å². The summed E-state index contributed by atoms with van der Waals surface area (Å²) in [6.07, 6.45) is -0.539. The Balaban J connectivity index is 1.81. The molecule has 0 aromatic heterocycles. The molecular weight excluding hydrogens is 294 g/mol. The molecule has 0 saturated carbocycles. The quantitative estimate of drug-likeness (QED) is 0.920. The van der Waals surface area contributed by atoms with Crippen molar-refractivity contribution < 1.29 is 19.0 Å². The van der Waals surface area contributed by atoms with Crippen LogP contribution in [0.2, 0.25) is 0 Å². The summed E-state index contributed by atoms with van der Waals surface area (Å²) >= 11 is 0. The Morgan fingerprint density at radius 2 is 1.78 bits per heavy atom. The van der Waals surface area contributed by atoms with Gasteiger partial charge in [-0.15, -0.1) is 0 Å². The number of nitrogens with one attached hydrogen (secondary N) is 1. The molecule has 5 heteroatoms. The molecule has 120 valence electrons. The zero-order valence-corrected chi connectivity index (χ0v) is 12.9. The van der Waals surface area contributed by atoms with Crippen molar-refractivity contribution in [2.24, 2.45) is 0 Å². The largest absolute Gasteiger partial charge is 0.497 e. The lowest BCUT2D eigenvalue weighted by atomic mass is 10.0. The van der Waals surface area contributed by atoms with Crippen molar-refractivity contribution in [3.8, 4) is 11.5 Å². The van der Waals surface area contributed by atoms with Crippen LogP contribution >= 0.6 is 0 Å². The van der Waals surface area contributed by atoms with Crippen LogP contribution in [0.4, 0.5) is 0 Å². The van der Waals surface area contributed by atoms with Crippen molar-refractivity contribution >= 4 is 5.91 Å². The van der Waals surface area contributed by atoms with Gasteiger partial charge >= 0.3 is 0 Å². The second kappa shape index (κ2) is 7.15. The third kappa shape index (κ3) is 3.81. The summed E-state index contributed by atoms with van der Waals surface area (Å²) in [6.45, 7) is 0.481. The number of hydrogen-bond donors (Lipinski definition) is 1. The molecule has 1 amide bonds. The highest BCUT2D eigenvalue weighted by molar-refractivity contribution is 5.77. The Morgan fingerprint density at radius 1 is 1.09 bits per heavy atom. The molecule has 5 nitrogen and oxygen atoms in total. The molecule has 2 atom stereocenters. The van der Waals surface area contributed by atoms with Crippen LogP contribution in [0.15, 0.2) is 54.6 Å². The topological polar surface area (TPSA) is 56.8 Å². The maximum atomic E-state index is 11.3. The number of carbonyl (C=O) groups excluding carboxylic acids is 1. The van der Waals surface area contributed by atoms with E-state index in [2.05, 4.69) is 5.32 Å². The van der Waals surface area contributed by atoms with E-state index in [9.17, 15) is 4.79 Å². The molecule has 2 aromatic rings. The van der Waals surface area contributed by atoms with Crippen molar-refractivity contribution in [3.05, 3.63) is 60.2 Å². The highest BCUT2D eigenvalue weighted by Gasteiger charge is 2.30. The Hall–Kier alpha value is -2.53. The molecule has 2 aromatic carbocycles. The first-order valence-electron chi connectivity index (χ1n) is 7.50. The summed E-state index contributed by atoms with van der Waals surface area (Å²) < 4.78 is 17.0. The molecule has 1 saturated heterocycles. The molecule has 1 N–H and O–H groups in total. The van der Waals surface area contributed by atoms with Gasteiger partial charge in [0.1, 0.15) is 24.2 Å². The Labute approximate surface area is 135 Å². The summed E-state index contributed by atoms with van der Waals surface area (Å²) in [5, 5.41) is 2.82. The van der Waals surface area contributed by atoms with E-state index in [4.69, 9.17) is 14.2 Å². The number of benzene rings is 2. The standard InChI is InChI=1S/C18H19NO4/c1-21-14-7-9-15(10-8-14)23-18(13-5-3-2-4-6-13)16-11-19-17(20)12-22-16/h2-10,16,18H,11-12H2,1H3,(H,19,20)/t16-,18+/m0/s1. The predicted octanol–water partition coefficient (Wildman–Crippen LogP) is 2.33. The zero-order chi connectivity index (χ0) is 16.1. The van der Waals surface area contributed by atoms with Gasteiger partial charge in [-0.1, -0.05) is 30.3 Å². The number of carbonyl (C=O) groups is 1. The van der Waals surface area contributed by atoms with Crippen LogP contribution in [0.1, 0.15) is 11.7 Å². The van der Waals surface area contributed by atoms with E-state index in [-0.39, 0.29) is 24.7 Å². The smallest absolute Gasteiger partial charge is 0.246 e. The van der Waals surface area contributed by atoms with Crippen LogP contribution in [0.5, 0.6) is 11.5 Å². The van der Waals surface area contributed by atoms with Crippen LogP contribution < -0.4 is 14.8 Å². The molecule has 0 radical (unpaired) electrons. The molecule has 1 aliphatic rings. The monoisotopic (exact) mass is 313 g/mol. The maximum Gasteiger partial charge on any atom is 0.246 e. The summed E-state index contributed by atoms with van der Waals surface area (Å²) in [6, 6.07) is 17.3. The van der Waals surface area contributed by atoms with Gasteiger partial charge in [0.15, 0.2) is 6.10 Å². The van der Waals surface area contributed by atoms with E-state index in [1.807, 2.05) is 54.6 Å². The van der Waals surface area contributed by atoms with Crippen LogP contribution in [0.25, 0.3) is 0 Å². The fraction of sp³-hybridized carbons (Fsp3) is 0.278. The van der Waals surface area contributed by atoms with Gasteiger partial charge in [0.2, 0.25) is 5.91 Å². The maximum absolute atomic E-state index is 11.3. The second-order valence-electron chi connectivity index (χ2n) is 5.28.